The van der Waals surface area contributed by atoms with E-state index in [1.807, 2.05) is 17.8 Å². The van der Waals surface area contributed by atoms with Crippen LogP contribution in [0, 0.1) is 0 Å². The molecule has 3 nitrogen and oxygen atoms in total. The van der Waals surface area contributed by atoms with Crippen LogP contribution in [0.25, 0.3) is 0 Å². The van der Waals surface area contributed by atoms with E-state index in [9.17, 15) is 0 Å². The van der Waals surface area contributed by atoms with Gasteiger partial charge in [0.2, 0.25) is 0 Å². The van der Waals surface area contributed by atoms with E-state index in [1.54, 1.807) is 7.11 Å². The van der Waals surface area contributed by atoms with E-state index in [0.717, 1.165) is 41.2 Å². The molecule has 0 amide bonds. The van der Waals surface area contributed by atoms with E-state index < -0.39 is 0 Å². The van der Waals surface area contributed by atoms with Crippen molar-refractivity contribution in [2.45, 2.75) is 19.9 Å². The van der Waals surface area contributed by atoms with Crippen molar-refractivity contribution in [3.63, 3.8) is 0 Å². The van der Waals surface area contributed by atoms with Crippen molar-refractivity contribution in [1.82, 2.24) is 5.32 Å². The monoisotopic (exact) mass is 347 g/mol. The fourth-order valence-electron chi connectivity index (χ4n) is 1.63. The normalized spacial score (nSPS) is 10.5. The van der Waals surface area contributed by atoms with Crippen molar-refractivity contribution in [3.8, 4) is 11.5 Å². The van der Waals surface area contributed by atoms with Crippen LogP contribution >= 0.6 is 27.7 Å². The Bertz CT molecular complexity index is 388. The molecule has 0 unspecified atom stereocenters. The molecule has 0 saturated carbocycles. The molecule has 0 atom stereocenters. The van der Waals surface area contributed by atoms with Crippen LogP contribution in [0.5, 0.6) is 11.5 Å². The van der Waals surface area contributed by atoms with Gasteiger partial charge in [0.1, 0.15) is 0 Å². The van der Waals surface area contributed by atoms with Crippen molar-refractivity contribution in [3.05, 3.63) is 22.2 Å². The Hall–Kier alpha value is -0.390. The summed E-state index contributed by atoms with van der Waals surface area (Å²) in [6, 6.07) is 4.11. The smallest absolute Gasteiger partial charge is 0.175 e. The zero-order chi connectivity index (χ0) is 14.1. The van der Waals surface area contributed by atoms with E-state index in [0.29, 0.717) is 6.61 Å². The van der Waals surface area contributed by atoms with Gasteiger partial charge in [0.25, 0.3) is 0 Å². The van der Waals surface area contributed by atoms with Crippen LogP contribution < -0.4 is 14.8 Å². The van der Waals surface area contributed by atoms with E-state index in [2.05, 4.69) is 40.5 Å². The number of hydrogen-bond donors (Lipinski definition) is 1. The summed E-state index contributed by atoms with van der Waals surface area (Å²) in [7, 11) is 1.67. The second-order valence-electron chi connectivity index (χ2n) is 4.13. The molecule has 1 aromatic carbocycles. The first-order chi connectivity index (χ1) is 9.22. The van der Waals surface area contributed by atoms with E-state index >= 15 is 0 Å². The molecular formula is C14H22BrNO2S. The zero-order valence-corrected chi connectivity index (χ0v) is 14.2. The molecule has 0 saturated heterocycles. The van der Waals surface area contributed by atoms with E-state index in [4.69, 9.17) is 9.47 Å². The maximum absolute atomic E-state index is 5.71. The van der Waals surface area contributed by atoms with E-state index in [1.165, 1.54) is 5.56 Å². The molecule has 0 spiro atoms. The minimum atomic E-state index is 0.695. The third-order valence-electron chi connectivity index (χ3n) is 2.55. The Morgan fingerprint density at radius 3 is 2.79 bits per heavy atom. The van der Waals surface area contributed by atoms with Gasteiger partial charge >= 0.3 is 0 Å². The summed E-state index contributed by atoms with van der Waals surface area (Å²) in [6.07, 6.45) is 3.09. The van der Waals surface area contributed by atoms with Gasteiger partial charge in [0.15, 0.2) is 11.5 Å². The molecule has 0 fully saturated rings. The Morgan fingerprint density at radius 1 is 1.37 bits per heavy atom. The van der Waals surface area contributed by atoms with Gasteiger partial charge in [0, 0.05) is 18.8 Å². The quantitative estimate of drug-likeness (QED) is 0.690. The van der Waals surface area contributed by atoms with Crippen LogP contribution in [0.2, 0.25) is 0 Å². The summed E-state index contributed by atoms with van der Waals surface area (Å²) in [6.45, 7) is 4.63. The third kappa shape index (κ3) is 5.63. The van der Waals surface area contributed by atoms with Gasteiger partial charge in [-0.2, -0.15) is 11.8 Å². The number of nitrogens with one attached hydrogen (secondary N) is 1. The molecule has 0 aliphatic carbocycles. The highest BCUT2D eigenvalue weighted by Gasteiger charge is 2.11. The summed E-state index contributed by atoms with van der Waals surface area (Å²) in [5.74, 6) is 2.69. The number of halogens is 1. The highest BCUT2D eigenvalue weighted by atomic mass is 79.9. The van der Waals surface area contributed by atoms with Crippen LogP contribution in [0.3, 0.4) is 0 Å². The van der Waals surface area contributed by atoms with Crippen LogP contribution in [0.1, 0.15) is 18.9 Å². The summed E-state index contributed by atoms with van der Waals surface area (Å²) in [5, 5.41) is 3.41. The molecule has 0 radical (unpaired) electrons. The van der Waals surface area contributed by atoms with Crippen LogP contribution in [0.15, 0.2) is 16.6 Å². The molecule has 0 bridgehead atoms. The van der Waals surface area contributed by atoms with Crippen LogP contribution in [0.4, 0.5) is 0 Å². The molecule has 5 heteroatoms. The van der Waals surface area contributed by atoms with Crippen LogP contribution in [-0.2, 0) is 6.54 Å². The molecule has 0 heterocycles. The highest BCUT2D eigenvalue weighted by Crippen LogP contribution is 2.36. The average Bonchev–Trinajstić information content (AvgIpc) is 2.42. The van der Waals surface area contributed by atoms with Gasteiger partial charge in [-0.25, -0.2) is 0 Å². The summed E-state index contributed by atoms with van der Waals surface area (Å²) < 4.78 is 12.1. The Morgan fingerprint density at radius 2 is 2.16 bits per heavy atom. The molecular weight excluding hydrogens is 326 g/mol. The molecule has 0 aliphatic rings. The van der Waals surface area contributed by atoms with Gasteiger partial charge in [-0.1, -0.05) is 6.92 Å². The first-order valence-corrected chi connectivity index (χ1v) is 8.60. The van der Waals surface area contributed by atoms with Crippen molar-refractivity contribution >= 4 is 27.7 Å². The maximum Gasteiger partial charge on any atom is 0.175 e. The minimum Gasteiger partial charge on any atom is -0.493 e. The number of benzene rings is 1. The Labute approximate surface area is 128 Å². The number of rotatable bonds is 9. The van der Waals surface area contributed by atoms with Crippen molar-refractivity contribution in [1.29, 1.82) is 0 Å². The first-order valence-electron chi connectivity index (χ1n) is 6.41. The lowest BCUT2D eigenvalue weighted by molar-refractivity contribution is 0.292. The van der Waals surface area contributed by atoms with Crippen molar-refractivity contribution in [2.75, 3.05) is 32.3 Å². The van der Waals surface area contributed by atoms with Crippen molar-refractivity contribution in [2.24, 2.45) is 0 Å². The Kier molecular flexibility index (Phi) is 8.34. The molecule has 108 valence electrons. The zero-order valence-electron chi connectivity index (χ0n) is 11.8. The average molecular weight is 348 g/mol. The van der Waals surface area contributed by atoms with Gasteiger partial charge < -0.3 is 14.8 Å². The standard InChI is InChI=1S/C14H22BrNO2S/c1-4-6-18-14-12(15)8-11(9-13(14)17-2)10-16-5-7-19-3/h8-9,16H,4-7,10H2,1-3H3. The predicted octanol–water partition coefficient (Wildman–Crippen LogP) is 3.70. The molecule has 0 aliphatic heterocycles. The van der Waals surface area contributed by atoms with Gasteiger partial charge in [-0.05, 0) is 46.3 Å². The lowest BCUT2D eigenvalue weighted by atomic mass is 10.2. The fourth-order valence-corrected chi connectivity index (χ4v) is 2.58. The Balaban J connectivity index is 2.71. The molecule has 1 aromatic rings. The first kappa shape index (κ1) is 16.7. The molecule has 1 N–H and O–H groups in total. The van der Waals surface area contributed by atoms with Crippen LogP contribution in [-0.4, -0.2) is 32.3 Å². The summed E-state index contributed by atoms with van der Waals surface area (Å²) >= 11 is 5.40. The minimum absolute atomic E-state index is 0.695. The highest BCUT2D eigenvalue weighted by molar-refractivity contribution is 9.10. The SMILES string of the molecule is CCCOc1c(Br)cc(CNCCSC)cc1OC. The topological polar surface area (TPSA) is 30.5 Å². The predicted molar refractivity (Wildman–Crippen MR) is 86.6 cm³/mol. The van der Waals surface area contributed by atoms with Gasteiger partial charge in [-0.15, -0.1) is 0 Å². The number of methoxy groups -OCH3 is 1. The largest absolute Gasteiger partial charge is 0.493 e. The number of hydrogen-bond acceptors (Lipinski definition) is 4. The number of thioether (sulfide) groups is 1. The van der Waals surface area contributed by atoms with Gasteiger partial charge in [0.05, 0.1) is 18.2 Å². The lowest BCUT2D eigenvalue weighted by Crippen LogP contribution is -2.16. The van der Waals surface area contributed by atoms with Gasteiger partial charge in [-0.3, -0.25) is 0 Å². The maximum atomic E-state index is 5.71. The van der Waals surface area contributed by atoms with Crippen molar-refractivity contribution < 1.29 is 9.47 Å². The second-order valence-corrected chi connectivity index (χ2v) is 5.97. The second kappa shape index (κ2) is 9.50. The fraction of sp³-hybridized carbons (Fsp3) is 0.571. The molecule has 0 aromatic heterocycles. The number of ether oxygens (including phenoxy) is 2. The third-order valence-corrected chi connectivity index (χ3v) is 3.75. The molecule has 19 heavy (non-hydrogen) atoms. The van der Waals surface area contributed by atoms with E-state index in [-0.39, 0.29) is 0 Å². The lowest BCUT2D eigenvalue weighted by Gasteiger charge is -2.14. The summed E-state index contributed by atoms with van der Waals surface area (Å²) in [4.78, 5) is 0. The molecule has 1 rings (SSSR count). The summed E-state index contributed by atoms with van der Waals surface area (Å²) in [5.41, 5.74) is 1.19.